The Labute approximate surface area is 75.8 Å². The maximum absolute atomic E-state index is 13.0. The van der Waals surface area contributed by atoms with Crippen LogP contribution in [0.3, 0.4) is 0 Å². The maximum Gasteiger partial charge on any atom is 0.149 e. The zero-order valence-corrected chi connectivity index (χ0v) is 7.43. The highest BCUT2D eigenvalue weighted by atomic mass is 19.1. The maximum atomic E-state index is 13.0. The molecule has 72 valence electrons. The molecule has 1 aromatic heterocycles. The van der Waals surface area contributed by atoms with Gasteiger partial charge < -0.3 is 5.73 Å². The SMILES string of the molecule is CCC[C@@H](N)c1ncc(F)cc1F. The Morgan fingerprint density at radius 3 is 2.77 bits per heavy atom. The lowest BCUT2D eigenvalue weighted by molar-refractivity contribution is 0.522. The molecule has 2 nitrogen and oxygen atoms in total. The van der Waals surface area contributed by atoms with Crippen LogP contribution >= 0.6 is 0 Å². The number of aromatic nitrogens is 1. The van der Waals surface area contributed by atoms with Crippen molar-refractivity contribution in [3.63, 3.8) is 0 Å². The molecule has 0 saturated heterocycles. The Kier molecular flexibility index (Phi) is 3.31. The van der Waals surface area contributed by atoms with Gasteiger partial charge in [0.15, 0.2) is 0 Å². The van der Waals surface area contributed by atoms with E-state index in [1.54, 1.807) is 0 Å². The Hall–Kier alpha value is -1.03. The predicted octanol–water partition coefficient (Wildman–Crippen LogP) is 2.16. The van der Waals surface area contributed by atoms with Gasteiger partial charge >= 0.3 is 0 Å². The third-order valence-corrected chi connectivity index (χ3v) is 1.79. The molecule has 1 atom stereocenters. The highest BCUT2D eigenvalue weighted by molar-refractivity contribution is 5.12. The lowest BCUT2D eigenvalue weighted by Crippen LogP contribution is -2.13. The van der Waals surface area contributed by atoms with E-state index in [1.807, 2.05) is 6.92 Å². The second kappa shape index (κ2) is 4.28. The fraction of sp³-hybridized carbons (Fsp3) is 0.444. The summed E-state index contributed by atoms with van der Waals surface area (Å²) < 4.78 is 25.5. The molecule has 0 radical (unpaired) electrons. The number of pyridine rings is 1. The van der Waals surface area contributed by atoms with Crippen LogP contribution in [0, 0.1) is 11.6 Å². The molecule has 1 heterocycles. The molecule has 0 spiro atoms. The van der Waals surface area contributed by atoms with Crippen molar-refractivity contribution >= 4 is 0 Å². The quantitative estimate of drug-likeness (QED) is 0.785. The lowest BCUT2D eigenvalue weighted by atomic mass is 10.1. The normalized spacial score (nSPS) is 12.9. The van der Waals surface area contributed by atoms with Crippen LogP contribution in [0.15, 0.2) is 12.3 Å². The molecule has 0 amide bonds. The molecule has 0 fully saturated rings. The summed E-state index contributed by atoms with van der Waals surface area (Å²) >= 11 is 0. The van der Waals surface area contributed by atoms with Crippen LogP contribution in [0.1, 0.15) is 31.5 Å². The first kappa shape index (κ1) is 10.1. The minimum atomic E-state index is -0.676. The second-order valence-corrected chi connectivity index (χ2v) is 2.92. The molecular formula is C9H12F2N2. The summed E-state index contributed by atoms with van der Waals surface area (Å²) in [6, 6.07) is 0.364. The molecule has 0 aliphatic heterocycles. The fourth-order valence-corrected chi connectivity index (χ4v) is 1.15. The van der Waals surface area contributed by atoms with Crippen LogP contribution in [0.4, 0.5) is 8.78 Å². The van der Waals surface area contributed by atoms with Gasteiger partial charge in [-0.05, 0) is 6.42 Å². The van der Waals surface area contributed by atoms with Crippen molar-refractivity contribution in [2.45, 2.75) is 25.8 Å². The Morgan fingerprint density at radius 1 is 1.54 bits per heavy atom. The third kappa shape index (κ3) is 2.45. The van der Waals surface area contributed by atoms with Crippen molar-refractivity contribution in [3.05, 3.63) is 29.6 Å². The number of halogens is 2. The average Bonchev–Trinajstić information content (AvgIpc) is 2.04. The van der Waals surface area contributed by atoms with E-state index in [0.29, 0.717) is 6.42 Å². The van der Waals surface area contributed by atoms with E-state index in [9.17, 15) is 8.78 Å². The van der Waals surface area contributed by atoms with Crippen LogP contribution in [0.25, 0.3) is 0 Å². The highest BCUT2D eigenvalue weighted by Crippen LogP contribution is 2.16. The number of nitrogens with zero attached hydrogens (tertiary/aromatic N) is 1. The molecular weight excluding hydrogens is 174 g/mol. The Morgan fingerprint density at radius 2 is 2.23 bits per heavy atom. The first-order chi connectivity index (χ1) is 6.15. The summed E-state index contributed by atoms with van der Waals surface area (Å²) in [4.78, 5) is 3.62. The van der Waals surface area contributed by atoms with E-state index < -0.39 is 17.7 Å². The van der Waals surface area contributed by atoms with Crippen molar-refractivity contribution in [1.29, 1.82) is 0 Å². The van der Waals surface area contributed by atoms with Gasteiger partial charge in [-0.1, -0.05) is 13.3 Å². The van der Waals surface area contributed by atoms with Gasteiger partial charge in [0.2, 0.25) is 0 Å². The van der Waals surface area contributed by atoms with Crippen LogP contribution in [-0.4, -0.2) is 4.98 Å². The van der Waals surface area contributed by atoms with Gasteiger partial charge in [-0.2, -0.15) is 0 Å². The zero-order chi connectivity index (χ0) is 9.84. The Balaban J connectivity index is 2.88. The van der Waals surface area contributed by atoms with Gasteiger partial charge in [0.05, 0.1) is 11.9 Å². The van der Waals surface area contributed by atoms with Gasteiger partial charge in [-0.25, -0.2) is 8.78 Å². The number of nitrogens with two attached hydrogens (primary N) is 1. The first-order valence-corrected chi connectivity index (χ1v) is 4.21. The first-order valence-electron chi connectivity index (χ1n) is 4.21. The highest BCUT2D eigenvalue weighted by Gasteiger charge is 2.12. The van der Waals surface area contributed by atoms with Gasteiger partial charge in [-0.15, -0.1) is 0 Å². The molecule has 0 saturated carbocycles. The van der Waals surface area contributed by atoms with Gasteiger partial charge in [0.25, 0.3) is 0 Å². The van der Waals surface area contributed by atoms with Gasteiger partial charge in [-0.3, -0.25) is 4.98 Å². The Bertz CT molecular complexity index is 289. The predicted molar refractivity (Wildman–Crippen MR) is 46.0 cm³/mol. The summed E-state index contributed by atoms with van der Waals surface area (Å²) in [5.41, 5.74) is 5.77. The number of rotatable bonds is 3. The summed E-state index contributed by atoms with van der Waals surface area (Å²) in [7, 11) is 0. The van der Waals surface area contributed by atoms with E-state index in [1.165, 1.54) is 0 Å². The van der Waals surface area contributed by atoms with Crippen molar-refractivity contribution < 1.29 is 8.78 Å². The molecule has 1 aromatic rings. The van der Waals surface area contributed by atoms with E-state index in [-0.39, 0.29) is 5.69 Å². The summed E-state index contributed by atoms with van der Waals surface area (Å²) in [6.45, 7) is 1.95. The number of hydrogen-bond acceptors (Lipinski definition) is 2. The minimum Gasteiger partial charge on any atom is -0.323 e. The molecule has 0 aliphatic carbocycles. The summed E-state index contributed by atoms with van der Waals surface area (Å²) in [5.74, 6) is -1.34. The molecule has 0 unspecified atom stereocenters. The van der Waals surface area contributed by atoms with Crippen LogP contribution in [-0.2, 0) is 0 Å². The van der Waals surface area contributed by atoms with E-state index in [4.69, 9.17) is 5.73 Å². The van der Waals surface area contributed by atoms with E-state index in [0.717, 1.165) is 18.7 Å². The van der Waals surface area contributed by atoms with Crippen molar-refractivity contribution in [2.24, 2.45) is 5.73 Å². The van der Waals surface area contributed by atoms with Crippen LogP contribution < -0.4 is 5.73 Å². The molecule has 2 N–H and O–H groups in total. The molecule has 13 heavy (non-hydrogen) atoms. The second-order valence-electron chi connectivity index (χ2n) is 2.92. The molecule has 0 bridgehead atoms. The average molecular weight is 186 g/mol. The van der Waals surface area contributed by atoms with E-state index >= 15 is 0 Å². The van der Waals surface area contributed by atoms with Gasteiger partial charge in [0, 0.05) is 12.1 Å². The third-order valence-electron chi connectivity index (χ3n) is 1.79. The summed E-state index contributed by atoms with van der Waals surface area (Å²) in [5, 5.41) is 0. The molecule has 1 rings (SSSR count). The van der Waals surface area contributed by atoms with Crippen molar-refractivity contribution in [3.8, 4) is 0 Å². The monoisotopic (exact) mass is 186 g/mol. The fourth-order valence-electron chi connectivity index (χ4n) is 1.15. The smallest absolute Gasteiger partial charge is 0.149 e. The number of hydrogen-bond donors (Lipinski definition) is 1. The van der Waals surface area contributed by atoms with Gasteiger partial charge in [0.1, 0.15) is 11.6 Å². The standard InChI is InChI=1S/C9H12F2N2/c1-2-3-8(12)9-7(11)4-6(10)5-13-9/h4-5,8H,2-3,12H2,1H3/t8-/m1/s1. The lowest BCUT2D eigenvalue weighted by Gasteiger charge is -2.09. The van der Waals surface area contributed by atoms with Crippen molar-refractivity contribution in [1.82, 2.24) is 4.98 Å². The molecule has 4 heteroatoms. The topological polar surface area (TPSA) is 38.9 Å². The van der Waals surface area contributed by atoms with E-state index in [2.05, 4.69) is 4.98 Å². The van der Waals surface area contributed by atoms with Crippen molar-refractivity contribution in [2.75, 3.05) is 0 Å². The zero-order valence-electron chi connectivity index (χ0n) is 7.43. The van der Waals surface area contributed by atoms with Crippen LogP contribution in [0.2, 0.25) is 0 Å². The summed E-state index contributed by atoms with van der Waals surface area (Å²) in [6.07, 6.45) is 2.48. The van der Waals surface area contributed by atoms with Crippen LogP contribution in [0.5, 0.6) is 0 Å². The molecule has 0 aromatic carbocycles. The minimum absolute atomic E-state index is 0.142. The molecule has 0 aliphatic rings. The largest absolute Gasteiger partial charge is 0.323 e.